The van der Waals surface area contributed by atoms with Gasteiger partial charge in [-0.15, -0.1) is 0 Å². The van der Waals surface area contributed by atoms with Gasteiger partial charge in [0.15, 0.2) is 0 Å². The van der Waals surface area contributed by atoms with Crippen LogP contribution in [-0.4, -0.2) is 82.7 Å². The van der Waals surface area contributed by atoms with Gasteiger partial charge in [0.25, 0.3) is 5.91 Å². The Morgan fingerprint density at radius 1 is 1.17 bits per heavy atom. The van der Waals surface area contributed by atoms with Gasteiger partial charge in [0.05, 0.1) is 18.2 Å². The molecule has 3 rings (SSSR count). The highest BCUT2D eigenvalue weighted by Crippen LogP contribution is 2.29. The van der Waals surface area contributed by atoms with Crippen LogP contribution in [0.1, 0.15) is 19.4 Å². The summed E-state index contributed by atoms with van der Waals surface area (Å²) in [7, 11) is 0. The molecule has 0 aromatic carbocycles. The van der Waals surface area contributed by atoms with Crippen LogP contribution in [-0.2, 0) is 11.0 Å². The average Bonchev–Trinajstić information content (AvgIpc) is 2.83. The number of nitrogens with one attached hydrogen (secondary N) is 1. The SMILES string of the molecule is CC1(C)NC(=O)N(C[C@H](O)CN2CCN(c3ccc(C(F)(F)F)cn3)CC2)C1=O. The maximum Gasteiger partial charge on any atom is 0.417 e. The van der Waals surface area contributed by atoms with Crippen LogP contribution in [0.5, 0.6) is 0 Å². The molecular weight excluding hydrogens is 391 g/mol. The monoisotopic (exact) mass is 415 g/mol. The minimum absolute atomic E-state index is 0.0885. The third kappa shape index (κ3) is 4.78. The fourth-order valence-electron chi connectivity index (χ4n) is 3.45. The van der Waals surface area contributed by atoms with Crippen LogP contribution < -0.4 is 10.2 Å². The van der Waals surface area contributed by atoms with E-state index < -0.39 is 29.4 Å². The maximum atomic E-state index is 12.6. The van der Waals surface area contributed by atoms with Crippen LogP contribution in [0.25, 0.3) is 0 Å². The van der Waals surface area contributed by atoms with Crippen molar-refractivity contribution in [3.05, 3.63) is 23.9 Å². The third-order valence-corrected chi connectivity index (χ3v) is 5.08. The molecule has 8 nitrogen and oxygen atoms in total. The Morgan fingerprint density at radius 3 is 2.31 bits per heavy atom. The van der Waals surface area contributed by atoms with Gasteiger partial charge in [-0.2, -0.15) is 13.2 Å². The molecular formula is C18H24F3N5O3. The highest BCUT2D eigenvalue weighted by atomic mass is 19.4. The molecule has 0 aliphatic carbocycles. The van der Waals surface area contributed by atoms with Gasteiger partial charge in [0.1, 0.15) is 11.4 Å². The molecule has 1 aromatic heterocycles. The zero-order valence-electron chi connectivity index (χ0n) is 16.2. The molecule has 0 unspecified atom stereocenters. The Balaban J connectivity index is 1.48. The Hall–Kier alpha value is -2.40. The predicted molar refractivity (Wildman–Crippen MR) is 98.2 cm³/mol. The Kier molecular flexibility index (Phi) is 5.72. The number of alkyl halides is 3. The molecule has 2 aliphatic heterocycles. The lowest BCUT2D eigenvalue weighted by Gasteiger charge is -2.36. The molecule has 0 bridgehead atoms. The molecule has 3 amide bonds. The van der Waals surface area contributed by atoms with E-state index in [9.17, 15) is 27.9 Å². The van der Waals surface area contributed by atoms with Crippen molar-refractivity contribution in [1.29, 1.82) is 0 Å². The van der Waals surface area contributed by atoms with Gasteiger partial charge < -0.3 is 15.3 Å². The number of aliphatic hydroxyl groups is 1. The first-order valence-corrected chi connectivity index (χ1v) is 9.30. The normalized spacial score (nSPS) is 21.4. The van der Waals surface area contributed by atoms with Gasteiger partial charge in [-0.3, -0.25) is 14.6 Å². The smallest absolute Gasteiger partial charge is 0.390 e. The number of amides is 3. The number of β-amino-alcohol motifs (C(OH)–C–C–N with tert-alkyl or cyclic N) is 1. The first-order chi connectivity index (χ1) is 13.5. The van der Waals surface area contributed by atoms with Crippen LogP contribution in [0, 0.1) is 0 Å². The number of nitrogens with zero attached hydrogens (tertiary/aromatic N) is 4. The predicted octanol–water partition coefficient (Wildman–Crippen LogP) is 0.914. The summed E-state index contributed by atoms with van der Waals surface area (Å²) in [6.07, 6.45) is -4.48. The fourth-order valence-corrected chi connectivity index (χ4v) is 3.45. The van der Waals surface area contributed by atoms with Crippen LogP contribution >= 0.6 is 0 Å². The number of aliphatic hydroxyl groups excluding tert-OH is 1. The molecule has 3 heterocycles. The Morgan fingerprint density at radius 2 is 1.83 bits per heavy atom. The molecule has 2 N–H and O–H groups in total. The molecule has 0 saturated carbocycles. The van der Waals surface area contributed by atoms with E-state index in [1.807, 2.05) is 9.80 Å². The van der Waals surface area contributed by atoms with Crippen molar-refractivity contribution in [2.75, 3.05) is 44.2 Å². The van der Waals surface area contributed by atoms with E-state index in [1.165, 1.54) is 6.07 Å². The number of urea groups is 1. The first-order valence-electron chi connectivity index (χ1n) is 9.30. The molecule has 2 aliphatic rings. The van der Waals surface area contributed by atoms with E-state index in [1.54, 1.807) is 13.8 Å². The maximum absolute atomic E-state index is 12.6. The van der Waals surface area contributed by atoms with Crippen molar-refractivity contribution in [1.82, 2.24) is 20.1 Å². The second-order valence-electron chi connectivity index (χ2n) is 7.82. The van der Waals surface area contributed by atoms with E-state index in [2.05, 4.69) is 10.3 Å². The summed E-state index contributed by atoms with van der Waals surface area (Å²) in [6.45, 7) is 5.64. The minimum atomic E-state index is -4.41. The number of hydrogen-bond donors (Lipinski definition) is 2. The summed E-state index contributed by atoms with van der Waals surface area (Å²) in [5, 5.41) is 12.9. The lowest BCUT2D eigenvalue weighted by molar-refractivity contribution is -0.137. The summed E-state index contributed by atoms with van der Waals surface area (Å²) in [5.41, 5.74) is -1.76. The van der Waals surface area contributed by atoms with Crippen LogP contribution in [0.2, 0.25) is 0 Å². The van der Waals surface area contributed by atoms with Crippen molar-refractivity contribution in [3.63, 3.8) is 0 Å². The van der Waals surface area contributed by atoms with E-state index in [4.69, 9.17) is 0 Å². The fraction of sp³-hybridized carbons (Fsp3) is 0.611. The second-order valence-corrected chi connectivity index (χ2v) is 7.82. The quantitative estimate of drug-likeness (QED) is 0.696. The van der Waals surface area contributed by atoms with E-state index >= 15 is 0 Å². The number of pyridine rings is 1. The second kappa shape index (κ2) is 7.79. The number of anilines is 1. The zero-order valence-corrected chi connectivity index (χ0v) is 16.2. The minimum Gasteiger partial charge on any atom is -0.390 e. The molecule has 1 aromatic rings. The third-order valence-electron chi connectivity index (χ3n) is 5.08. The molecule has 0 spiro atoms. The highest BCUT2D eigenvalue weighted by molar-refractivity contribution is 6.06. The van der Waals surface area contributed by atoms with Crippen LogP contribution in [0.4, 0.5) is 23.8 Å². The van der Waals surface area contributed by atoms with E-state index in [0.717, 1.165) is 17.2 Å². The Labute approximate surface area is 166 Å². The summed E-state index contributed by atoms with van der Waals surface area (Å²) in [6, 6.07) is 1.85. The van der Waals surface area contributed by atoms with Crippen molar-refractivity contribution < 1.29 is 27.9 Å². The number of carbonyl (C=O) groups excluding carboxylic acids is 2. The number of piperazine rings is 1. The number of rotatable bonds is 5. The summed E-state index contributed by atoms with van der Waals surface area (Å²) < 4.78 is 37.9. The summed E-state index contributed by atoms with van der Waals surface area (Å²) in [5.74, 6) is 0.0968. The highest BCUT2D eigenvalue weighted by Gasteiger charge is 2.44. The summed E-state index contributed by atoms with van der Waals surface area (Å²) >= 11 is 0. The lowest BCUT2D eigenvalue weighted by Crippen LogP contribution is -2.51. The Bertz CT molecular complexity index is 761. The van der Waals surface area contributed by atoms with Crippen molar-refractivity contribution in [3.8, 4) is 0 Å². The van der Waals surface area contributed by atoms with Crippen molar-refractivity contribution >= 4 is 17.8 Å². The molecule has 2 saturated heterocycles. The average molecular weight is 415 g/mol. The molecule has 0 radical (unpaired) electrons. The largest absolute Gasteiger partial charge is 0.417 e. The molecule has 29 heavy (non-hydrogen) atoms. The van der Waals surface area contributed by atoms with Gasteiger partial charge in [-0.25, -0.2) is 9.78 Å². The molecule has 1 atom stereocenters. The number of aromatic nitrogens is 1. The number of halogens is 3. The van der Waals surface area contributed by atoms with Gasteiger partial charge in [-0.1, -0.05) is 0 Å². The van der Waals surface area contributed by atoms with Crippen molar-refractivity contribution in [2.24, 2.45) is 0 Å². The number of carbonyl (C=O) groups is 2. The molecule has 11 heteroatoms. The summed E-state index contributed by atoms with van der Waals surface area (Å²) in [4.78, 5) is 32.9. The van der Waals surface area contributed by atoms with Crippen LogP contribution in [0.15, 0.2) is 18.3 Å². The zero-order chi connectivity index (χ0) is 21.4. The van der Waals surface area contributed by atoms with E-state index in [0.29, 0.717) is 32.0 Å². The van der Waals surface area contributed by atoms with Gasteiger partial charge in [0, 0.05) is 38.9 Å². The lowest BCUT2D eigenvalue weighted by atomic mass is 10.1. The number of imide groups is 1. The first kappa shape index (κ1) is 21.3. The van der Waals surface area contributed by atoms with Gasteiger partial charge in [0.2, 0.25) is 0 Å². The standard InChI is InChI=1S/C18H24F3N5O3/c1-17(2)15(28)26(16(29)23-17)11-13(27)10-24-5-7-25(8-6-24)14-4-3-12(9-22-14)18(19,20)21/h3-4,9,13,27H,5-8,10-11H2,1-2H3,(H,23,29)/t13-/m1/s1. The molecule has 160 valence electrons. The molecule has 2 fully saturated rings. The van der Waals surface area contributed by atoms with Gasteiger partial charge in [-0.05, 0) is 26.0 Å². The van der Waals surface area contributed by atoms with Crippen molar-refractivity contribution in [2.45, 2.75) is 31.7 Å². The van der Waals surface area contributed by atoms with Gasteiger partial charge >= 0.3 is 12.2 Å². The topological polar surface area (TPSA) is 89.0 Å². The number of hydrogen-bond acceptors (Lipinski definition) is 6. The van der Waals surface area contributed by atoms with E-state index in [-0.39, 0.29) is 19.0 Å². The van der Waals surface area contributed by atoms with Crippen LogP contribution in [0.3, 0.4) is 0 Å².